The summed E-state index contributed by atoms with van der Waals surface area (Å²) in [7, 11) is 4.20. The molecule has 0 aromatic heterocycles. The number of aliphatic imine (C=N–C) groups is 1. The molecular weight excluding hydrogens is 360 g/mol. The van der Waals surface area contributed by atoms with Gasteiger partial charge in [0, 0.05) is 19.6 Å². The van der Waals surface area contributed by atoms with Crippen LogP contribution in [-0.2, 0) is 17.8 Å². The minimum atomic E-state index is 0.0785. The number of nitrogens with one attached hydrogen (secondary N) is 1. The van der Waals surface area contributed by atoms with Crippen LogP contribution in [0.25, 0.3) is 0 Å². The van der Waals surface area contributed by atoms with Gasteiger partial charge in [0.15, 0.2) is 5.96 Å². The summed E-state index contributed by atoms with van der Waals surface area (Å²) in [5.41, 5.74) is 5.15. The summed E-state index contributed by atoms with van der Waals surface area (Å²) in [6, 6.07) is 17.1. The Morgan fingerprint density at radius 2 is 1.86 bits per heavy atom. The van der Waals surface area contributed by atoms with Gasteiger partial charge in [0.25, 0.3) is 0 Å². The van der Waals surface area contributed by atoms with Crippen LogP contribution < -0.4 is 5.32 Å². The molecule has 1 unspecified atom stereocenters. The number of hydrogen-bond donors (Lipinski definition) is 1. The number of ether oxygens (including phenoxy) is 1. The van der Waals surface area contributed by atoms with Crippen molar-refractivity contribution >= 4 is 5.96 Å². The van der Waals surface area contributed by atoms with Gasteiger partial charge >= 0.3 is 0 Å². The molecule has 5 heteroatoms. The molecule has 0 spiro atoms. The zero-order valence-corrected chi connectivity index (χ0v) is 18.2. The van der Waals surface area contributed by atoms with Gasteiger partial charge in [-0.1, -0.05) is 48.5 Å². The second-order valence-corrected chi connectivity index (χ2v) is 7.84. The molecule has 156 valence electrons. The van der Waals surface area contributed by atoms with E-state index >= 15 is 0 Å². The lowest BCUT2D eigenvalue weighted by molar-refractivity contribution is -0.00834. The van der Waals surface area contributed by atoms with Crippen LogP contribution in [0.15, 0.2) is 53.5 Å². The molecule has 0 saturated carbocycles. The van der Waals surface area contributed by atoms with Crippen LogP contribution in [0.2, 0.25) is 0 Å². The van der Waals surface area contributed by atoms with Crippen molar-refractivity contribution in [1.29, 1.82) is 0 Å². The second-order valence-electron chi connectivity index (χ2n) is 7.84. The van der Waals surface area contributed by atoms with E-state index in [4.69, 9.17) is 9.73 Å². The van der Waals surface area contributed by atoms with Crippen LogP contribution in [0.5, 0.6) is 0 Å². The number of morpholine rings is 1. The molecule has 1 aliphatic rings. The van der Waals surface area contributed by atoms with E-state index in [9.17, 15) is 0 Å². The average molecular weight is 395 g/mol. The van der Waals surface area contributed by atoms with Crippen LogP contribution in [0.3, 0.4) is 0 Å². The molecule has 0 aliphatic carbocycles. The van der Waals surface area contributed by atoms with E-state index in [1.54, 1.807) is 0 Å². The number of aryl methyl sites for hydroxylation is 1. The number of hydrogen-bond acceptors (Lipinski definition) is 3. The Hall–Kier alpha value is -2.37. The van der Waals surface area contributed by atoms with Gasteiger partial charge in [-0.15, -0.1) is 0 Å². The summed E-state index contributed by atoms with van der Waals surface area (Å²) in [4.78, 5) is 9.51. The first-order chi connectivity index (χ1) is 14.1. The third kappa shape index (κ3) is 5.81. The molecule has 1 fully saturated rings. The third-order valence-corrected chi connectivity index (χ3v) is 5.24. The van der Waals surface area contributed by atoms with Gasteiger partial charge in [-0.2, -0.15) is 0 Å². The molecular formula is C24H34N4O. The molecule has 1 atom stereocenters. The van der Waals surface area contributed by atoms with E-state index in [0.717, 1.165) is 32.1 Å². The number of nitrogens with zero attached hydrogens (tertiary/aromatic N) is 3. The first-order valence-electron chi connectivity index (χ1n) is 10.5. The van der Waals surface area contributed by atoms with Gasteiger partial charge in [-0.25, -0.2) is 4.99 Å². The van der Waals surface area contributed by atoms with Gasteiger partial charge in [-0.05, 0) is 50.2 Å². The molecule has 29 heavy (non-hydrogen) atoms. The highest BCUT2D eigenvalue weighted by Gasteiger charge is 2.25. The third-order valence-electron chi connectivity index (χ3n) is 5.24. The molecule has 1 heterocycles. The van der Waals surface area contributed by atoms with Crippen molar-refractivity contribution < 1.29 is 4.74 Å². The standard InChI is InChI=1S/C24H34N4O/c1-5-25-24(26-16-20-11-7-8-12-21(20)17-27(3)4)28-14-15-29-23(18-28)22-13-9-6-10-19(22)2/h6-13,23H,5,14-18H2,1-4H3,(H,25,26). The lowest BCUT2D eigenvalue weighted by Crippen LogP contribution is -2.48. The van der Waals surface area contributed by atoms with E-state index in [1.807, 2.05) is 0 Å². The fraction of sp³-hybridized carbons (Fsp3) is 0.458. The minimum Gasteiger partial charge on any atom is -0.370 e. The molecule has 0 bridgehead atoms. The highest BCUT2D eigenvalue weighted by atomic mass is 16.5. The molecule has 2 aromatic rings. The normalized spacial score (nSPS) is 17.6. The average Bonchev–Trinajstić information content (AvgIpc) is 2.72. The van der Waals surface area contributed by atoms with E-state index in [-0.39, 0.29) is 6.10 Å². The highest BCUT2D eigenvalue weighted by molar-refractivity contribution is 5.80. The fourth-order valence-corrected chi connectivity index (χ4v) is 3.77. The number of rotatable bonds is 6. The molecule has 0 radical (unpaired) electrons. The van der Waals surface area contributed by atoms with Crippen molar-refractivity contribution in [3.8, 4) is 0 Å². The number of guanidine groups is 1. The van der Waals surface area contributed by atoms with Gasteiger partial charge in [-0.3, -0.25) is 0 Å². The Labute approximate surface area is 175 Å². The fourth-order valence-electron chi connectivity index (χ4n) is 3.77. The van der Waals surface area contributed by atoms with Crippen LogP contribution in [0.1, 0.15) is 35.3 Å². The van der Waals surface area contributed by atoms with E-state index in [0.29, 0.717) is 13.2 Å². The Morgan fingerprint density at radius 3 is 2.59 bits per heavy atom. The monoisotopic (exact) mass is 394 g/mol. The highest BCUT2D eigenvalue weighted by Crippen LogP contribution is 2.25. The largest absolute Gasteiger partial charge is 0.370 e. The molecule has 1 aliphatic heterocycles. The molecule has 5 nitrogen and oxygen atoms in total. The smallest absolute Gasteiger partial charge is 0.194 e. The van der Waals surface area contributed by atoms with Crippen LogP contribution >= 0.6 is 0 Å². The molecule has 2 aromatic carbocycles. The van der Waals surface area contributed by atoms with Crippen molar-refractivity contribution in [2.75, 3.05) is 40.3 Å². The van der Waals surface area contributed by atoms with Crippen LogP contribution in [0.4, 0.5) is 0 Å². The minimum absolute atomic E-state index is 0.0785. The van der Waals surface area contributed by atoms with Gasteiger partial charge in [0.2, 0.25) is 0 Å². The SMILES string of the molecule is CCNC(=NCc1ccccc1CN(C)C)N1CCOC(c2ccccc2C)C1. The summed E-state index contributed by atoms with van der Waals surface area (Å²) in [6.45, 7) is 9.11. The zero-order valence-electron chi connectivity index (χ0n) is 18.2. The van der Waals surface area contributed by atoms with E-state index < -0.39 is 0 Å². The van der Waals surface area contributed by atoms with Gasteiger partial charge in [0.1, 0.15) is 6.10 Å². The molecule has 1 saturated heterocycles. The van der Waals surface area contributed by atoms with Crippen molar-refractivity contribution in [2.45, 2.75) is 33.0 Å². The summed E-state index contributed by atoms with van der Waals surface area (Å²) in [5.74, 6) is 0.967. The molecule has 1 N–H and O–H groups in total. The van der Waals surface area contributed by atoms with Crippen molar-refractivity contribution in [3.05, 3.63) is 70.8 Å². The maximum Gasteiger partial charge on any atom is 0.194 e. The van der Waals surface area contributed by atoms with E-state index in [2.05, 4.69) is 91.6 Å². The first kappa shape index (κ1) is 21.3. The zero-order chi connectivity index (χ0) is 20.6. The predicted octanol–water partition coefficient (Wildman–Crippen LogP) is 3.60. The summed E-state index contributed by atoms with van der Waals surface area (Å²) < 4.78 is 6.10. The Morgan fingerprint density at radius 1 is 1.14 bits per heavy atom. The summed E-state index contributed by atoms with van der Waals surface area (Å²) >= 11 is 0. The quantitative estimate of drug-likeness (QED) is 0.600. The summed E-state index contributed by atoms with van der Waals surface area (Å²) in [5, 5.41) is 3.48. The van der Waals surface area contributed by atoms with E-state index in [1.165, 1.54) is 22.3 Å². The second kappa shape index (κ2) is 10.4. The predicted molar refractivity (Wildman–Crippen MR) is 120 cm³/mol. The molecule has 0 amide bonds. The Bertz CT molecular complexity index is 818. The first-order valence-corrected chi connectivity index (χ1v) is 10.5. The Kier molecular flexibility index (Phi) is 7.67. The maximum atomic E-state index is 6.10. The lowest BCUT2D eigenvalue weighted by atomic mass is 10.0. The Balaban J connectivity index is 1.76. The molecule has 3 rings (SSSR count). The van der Waals surface area contributed by atoms with Gasteiger partial charge in [0.05, 0.1) is 19.7 Å². The van der Waals surface area contributed by atoms with Crippen molar-refractivity contribution in [2.24, 2.45) is 4.99 Å². The topological polar surface area (TPSA) is 40.1 Å². The van der Waals surface area contributed by atoms with Gasteiger partial charge < -0.3 is 19.9 Å². The maximum absolute atomic E-state index is 6.10. The van der Waals surface area contributed by atoms with Crippen LogP contribution in [-0.4, -0.2) is 56.1 Å². The summed E-state index contributed by atoms with van der Waals surface area (Å²) in [6.07, 6.45) is 0.0785. The van der Waals surface area contributed by atoms with Crippen molar-refractivity contribution in [3.63, 3.8) is 0 Å². The van der Waals surface area contributed by atoms with Crippen molar-refractivity contribution in [1.82, 2.24) is 15.1 Å². The van der Waals surface area contributed by atoms with Crippen LogP contribution in [0, 0.1) is 6.92 Å². The lowest BCUT2D eigenvalue weighted by Gasteiger charge is -2.36. The number of benzene rings is 2.